The maximum atomic E-state index is 13.2. The molecule has 170 valence electrons. The van der Waals surface area contributed by atoms with Gasteiger partial charge in [0.25, 0.3) is 5.91 Å². The second-order valence-corrected chi connectivity index (χ2v) is 9.21. The third kappa shape index (κ3) is 4.31. The van der Waals surface area contributed by atoms with E-state index in [1.165, 1.54) is 11.3 Å². The Morgan fingerprint density at radius 3 is 2.94 bits per heavy atom. The standard InChI is InChI=1S/C23H23FN6O2S/c1-12(27-22-16-8-19(21(25)31)33-23(16)29-13(2)28-22)17-5-6-18(32-17)20-14(4-3-7-26-20)9-30-10-15(24)11-30/h3-8,12,15H,9-11H2,1-2H3,(H2,25,31)(H,27,28,29). The fourth-order valence-corrected chi connectivity index (χ4v) is 4.84. The molecule has 0 bridgehead atoms. The molecule has 1 aliphatic rings. The Bertz CT molecular complexity index is 1330. The molecule has 5 rings (SSSR count). The first-order chi connectivity index (χ1) is 15.9. The van der Waals surface area contributed by atoms with Gasteiger partial charge in [0, 0.05) is 25.8 Å². The van der Waals surface area contributed by atoms with Crippen molar-refractivity contribution in [1.82, 2.24) is 19.9 Å². The minimum Gasteiger partial charge on any atom is -0.457 e. The summed E-state index contributed by atoms with van der Waals surface area (Å²) in [5, 5.41) is 4.11. The molecule has 10 heteroatoms. The summed E-state index contributed by atoms with van der Waals surface area (Å²) < 4.78 is 19.4. The first-order valence-corrected chi connectivity index (χ1v) is 11.4. The lowest BCUT2D eigenvalue weighted by atomic mass is 10.1. The number of furan rings is 1. The Morgan fingerprint density at radius 1 is 1.36 bits per heavy atom. The molecule has 0 spiro atoms. The molecule has 4 aromatic heterocycles. The molecule has 4 aromatic rings. The number of fused-ring (bicyclic) bond motifs is 1. The molecule has 0 radical (unpaired) electrons. The van der Waals surface area contributed by atoms with E-state index in [9.17, 15) is 9.18 Å². The van der Waals surface area contributed by atoms with Crippen molar-refractivity contribution < 1.29 is 13.6 Å². The zero-order chi connectivity index (χ0) is 23.1. The number of pyridine rings is 1. The number of alkyl halides is 1. The monoisotopic (exact) mass is 466 g/mol. The maximum absolute atomic E-state index is 13.2. The van der Waals surface area contributed by atoms with E-state index in [2.05, 4.69) is 20.3 Å². The van der Waals surface area contributed by atoms with Gasteiger partial charge in [-0.05, 0) is 43.7 Å². The number of thiophene rings is 1. The average molecular weight is 467 g/mol. The first kappa shape index (κ1) is 21.5. The number of hydrogen-bond acceptors (Lipinski definition) is 8. The molecule has 8 nitrogen and oxygen atoms in total. The third-order valence-electron chi connectivity index (χ3n) is 5.59. The molecule has 1 aliphatic heterocycles. The minimum absolute atomic E-state index is 0.206. The number of nitrogens with two attached hydrogens (primary N) is 1. The van der Waals surface area contributed by atoms with Crippen molar-refractivity contribution in [2.45, 2.75) is 32.6 Å². The van der Waals surface area contributed by atoms with Crippen LogP contribution in [0.3, 0.4) is 0 Å². The summed E-state index contributed by atoms with van der Waals surface area (Å²) in [6, 6.07) is 9.17. The predicted octanol–water partition coefficient (Wildman–Crippen LogP) is 4.08. The van der Waals surface area contributed by atoms with Crippen LogP contribution in [0.5, 0.6) is 0 Å². The molecule has 5 heterocycles. The Kier molecular flexibility index (Phi) is 5.55. The van der Waals surface area contributed by atoms with Gasteiger partial charge in [-0.2, -0.15) is 0 Å². The molecule has 3 N–H and O–H groups in total. The van der Waals surface area contributed by atoms with Crippen LogP contribution in [-0.4, -0.2) is 45.0 Å². The Hall–Kier alpha value is -3.37. The number of anilines is 1. The number of primary amides is 1. The molecular weight excluding hydrogens is 443 g/mol. The molecule has 1 unspecified atom stereocenters. The molecule has 1 atom stereocenters. The number of aryl methyl sites for hydroxylation is 1. The Morgan fingerprint density at radius 2 is 2.18 bits per heavy atom. The number of carbonyl (C=O) groups excluding carboxylic acids is 1. The highest BCUT2D eigenvalue weighted by molar-refractivity contribution is 7.20. The highest BCUT2D eigenvalue weighted by atomic mass is 32.1. The Balaban J connectivity index is 1.39. The first-order valence-electron chi connectivity index (χ1n) is 10.6. The quantitative estimate of drug-likeness (QED) is 0.422. The summed E-state index contributed by atoms with van der Waals surface area (Å²) in [4.78, 5) is 28.2. The van der Waals surface area contributed by atoms with Crippen LogP contribution in [-0.2, 0) is 6.54 Å². The lowest BCUT2D eigenvalue weighted by Gasteiger charge is -2.34. The van der Waals surface area contributed by atoms with E-state index >= 15 is 0 Å². The van der Waals surface area contributed by atoms with Crippen LogP contribution >= 0.6 is 11.3 Å². The van der Waals surface area contributed by atoms with Crippen molar-refractivity contribution in [3.8, 4) is 11.5 Å². The topological polar surface area (TPSA) is 110 Å². The average Bonchev–Trinajstić information content (AvgIpc) is 3.40. The summed E-state index contributed by atoms with van der Waals surface area (Å²) in [5.74, 6) is 2.08. The van der Waals surface area contributed by atoms with E-state index in [4.69, 9.17) is 10.2 Å². The molecule has 0 saturated carbocycles. The molecule has 1 saturated heterocycles. The Labute approximate surface area is 193 Å². The summed E-state index contributed by atoms with van der Waals surface area (Å²) in [6.45, 7) is 5.30. The van der Waals surface area contributed by atoms with Gasteiger partial charge in [-0.25, -0.2) is 14.4 Å². The van der Waals surface area contributed by atoms with Gasteiger partial charge in [0.15, 0.2) is 5.76 Å². The second kappa shape index (κ2) is 8.53. The minimum atomic E-state index is -0.744. The van der Waals surface area contributed by atoms with E-state index in [0.29, 0.717) is 52.5 Å². The number of likely N-dealkylation sites (tertiary alicyclic amines) is 1. The fourth-order valence-electron chi connectivity index (χ4n) is 3.91. The van der Waals surface area contributed by atoms with Crippen molar-refractivity contribution in [3.05, 3.63) is 58.6 Å². The third-order valence-corrected chi connectivity index (χ3v) is 6.63. The zero-order valence-electron chi connectivity index (χ0n) is 18.2. The van der Waals surface area contributed by atoms with Gasteiger partial charge in [-0.1, -0.05) is 6.07 Å². The lowest BCUT2D eigenvalue weighted by Crippen LogP contribution is -2.47. The van der Waals surface area contributed by atoms with E-state index in [1.807, 2.05) is 36.1 Å². The smallest absolute Gasteiger partial charge is 0.258 e. The van der Waals surface area contributed by atoms with Crippen LogP contribution in [0, 0.1) is 6.92 Å². The van der Waals surface area contributed by atoms with Crippen molar-refractivity contribution in [3.63, 3.8) is 0 Å². The van der Waals surface area contributed by atoms with Gasteiger partial charge in [0.2, 0.25) is 0 Å². The number of halogens is 1. The molecule has 0 aliphatic carbocycles. The molecule has 33 heavy (non-hydrogen) atoms. The summed E-state index contributed by atoms with van der Waals surface area (Å²) >= 11 is 1.25. The van der Waals surface area contributed by atoms with Crippen LogP contribution < -0.4 is 11.1 Å². The SMILES string of the molecule is Cc1nc(NC(C)c2ccc(-c3ncccc3CN3CC(F)C3)o2)c2cc(C(N)=O)sc2n1. The van der Waals surface area contributed by atoms with Crippen LogP contribution in [0.2, 0.25) is 0 Å². The molecule has 1 amide bonds. The molecular formula is C23H23FN6O2S. The summed E-state index contributed by atoms with van der Waals surface area (Å²) in [7, 11) is 0. The highest BCUT2D eigenvalue weighted by Crippen LogP contribution is 2.33. The van der Waals surface area contributed by atoms with Crippen molar-refractivity contribution in [1.29, 1.82) is 0 Å². The molecule has 0 aromatic carbocycles. The predicted molar refractivity (Wildman–Crippen MR) is 125 cm³/mol. The number of aromatic nitrogens is 3. The second-order valence-electron chi connectivity index (χ2n) is 8.18. The summed E-state index contributed by atoms with van der Waals surface area (Å²) in [5.41, 5.74) is 7.19. The van der Waals surface area contributed by atoms with Gasteiger partial charge in [-0.15, -0.1) is 11.3 Å². The van der Waals surface area contributed by atoms with Gasteiger partial charge < -0.3 is 15.5 Å². The van der Waals surface area contributed by atoms with Crippen LogP contribution in [0.1, 0.15) is 39.8 Å². The van der Waals surface area contributed by atoms with Gasteiger partial charge in [0.05, 0.1) is 16.3 Å². The zero-order valence-corrected chi connectivity index (χ0v) is 19.0. The van der Waals surface area contributed by atoms with E-state index in [-0.39, 0.29) is 6.04 Å². The largest absolute Gasteiger partial charge is 0.457 e. The van der Waals surface area contributed by atoms with Crippen LogP contribution in [0.25, 0.3) is 21.7 Å². The van der Waals surface area contributed by atoms with Crippen LogP contribution in [0.4, 0.5) is 10.2 Å². The number of carbonyl (C=O) groups is 1. The number of nitrogens with zero attached hydrogens (tertiary/aromatic N) is 4. The van der Waals surface area contributed by atoms with E-state index < -0.39 is 12.1 Å². The highest BCUT2D eigenvalue weighted by Gasteiger charge is 2.27. The van der Waals surface area contributed by atoms with Crippen molar-refractivity contribution in [2.24, 2.45) is 5.73 Å². The maximum Gasteiger partial charge on any atom is 0.258 e. The van der Waals surface area contributed by atoms with Gasteiger partial charge >= 0.3 is 0 Å². The van der Waals surface area contributed by atoms with Gasteiger partial charge in [-0.3, -0.25) is 14.7 Å². The lowest BCUT2D eigenvalue weighted by molar-refractivity contribution is 0.0591. The normalized spacial score (nSPS) is 15.5. The van der Waals surface area contributed by atoms with Crippen molar-refractivity contribution >= 4 is 33.3 Å². The fraction of sp³-hybridized carbons (Fsp3) is 0.304. The van der Waals surface area contributed by atoms with Crippen LogP contribution in [0.15, 0.2) is 40.9 Å². The molecule has 1 fully saturated rings. The number of nitrogens with one attached hydrogen (secondary N) is 1. The number of rotatable bonds is 7. The van der Waals surface area contributed by atoms with Gasteiger partial charge in [0.1, 0.15) is 34.1 Å². The van der Waals surface area contributed by atoms with E-state index in [1.54, 1.807) is 19.2 Å². The summed E-state index contributed by atoms with van der Waals surface area (Å²) in [6.07, 6.45) is 0.982. The van der Waals surface area contributed by atoms with Crippen molar-refractivity contribution in [2.75, 3.05) is 18.4 Å². The number of amides is 1. The van der Waals surface area contributed by atoms with E-state index in [0.717, 1.165) is 16.6 Å². The number of hydrogen-bond donors (Lipinski definition) is 2.